The molecule has 1 aliphatic rings. The number of rotatable bonds is 5. The average Bonchev–Trinajstić information content (AvgIpc) is 2.92. The van der Waals surface area contributed by atoms with E-state index in [1.54, 1.807) is 0 Å². The van der Waals surface area contributed by atoms with Gasteiger partial charge in [0.2, 0.25) is 0 Å². The predicted octanol–water partition coefficient (Wildman–Crippen LogP) is 3.82. The van der Waals surface area contributed by atoms with Crippen molar-refractivity contribution >= 4 is 11.6 Å². The van der Waals surface area contributed by atoms with E-state index in [1.807, 2.05) is 24.3 Å². The van der Waals surface area contributed by atoms with E-state index in [4.69, 9.17) is 0 Å². The normalized spacial score (nSPS) is 17.2. The summed E-state index contributed by atoms with van der Waals surface area (Å²) in [5, 5.41) is 6.51. The van der Waals surface area contributed by atoms with E-state index in [0.717, 1.165) is 11.3 Å². The van der Waals surface area contributed by atoms with Gasteiger partial charge in [0.25, 0.3) is 5.91 Å². The van der Waals surface area contributed by atoms with Crippen LogP contribution in [-0.4, -0.2) is 18.0 Å². The van der Waals surface area contributed by atoms with Crippen LogP contribution in [0.3, 0.4) is 0 Å². The highest BCUT2D eigenvalue weighted by Gasteiger charge is 2.23. The Kier molecular flexibility index (Phi) is 5.05. The van der Waals surface area contributed by atoms with Gasteiger partial charge in [-0.3, -0.25) is 4.79 Å². The summed E-state index contributed by atoms with van der Waals surface area (Å²) < 4.78 is 0. The van der Waals surface area contributed by atoms with Gasteiger partial charge in [0.05, 0.1) is 5.56 Å². The number of amides is 1. The molecule has 0 heterocycles. The van der Waals surface area contributed by atoms with Gasteiger partial charge in [-0.15, -0.1) is 0 Å². The highest BCUT2D eigenvalue weighted by Crippen LogP contribution is 2.28. The molecule has 2 rings (SSSR count). The van der Waals surface area contributed by atoms with Crippen molar-refractivity contribution in [3.8, 4) is 0 Å². The van der Waals surface area contributed by atoms with Gasteiger partial charge in [-0.1, -0.05) is 25.0 Å². The Labute approximate surface area is 122 Å². The number of carbonyl (C=O) groups is 1. The lowest BCUT2D eigenvalue weighted by atomic mass is 9.99. The second-order valence-electron chi connectivity index (χ2n) is 6.15. The second kappa shape index (κ2) is 6.78. The first-order valence-corrected chi connectivity index (χ1v) is 7.74. The second-order valence-corrected chi connectivity index (χ2v) is 6.15. The molecular formula is C17H26N2O. The number of anilines is 1. The molecule has 0 aliphatic heterocycles. The minimum atomic E-state index is 0.0353. The molecule has 0 bridgehead atoms. The number of carbonyl (C=O) groups excluding carboxylic acids is 1. The van der Waals surface area contributed by atoms with Crippen LogP contribution in [0.4, 0.5) is 5.69 Å². The fraction of sp³-hybridized carbons (Fsp3) is 0.588. The smallest absolute Gasteiger partial charge is 0.253 e. The lowest BCUT2D eigenvalue weighted by molar-refractivity contribution is 0.0928. The minimum absolute atomic E-state index is 0.0353. The van der Waals surface area contributed by atoms with Gasteiger partial charge in [0.15, 0.2) is 0 Å². The van der Waals surface area contributed by atoms with Gasteiger partial charge in [0.1, 0.15) is 0 Å². The molecule has 3 nitrogen and oxygen atoms in total. The third-order valence-electron chi connectivity index (χ3n) is 4.08. The molecule has 3 heteroatoms. The molecule has 1 atom stereocenters. The monoisotopic (exact) mass is 274 g/mol. The van der Waals surface area contributed by atoms with Gasteiger partial charge >= 0.3 is 0 Å². The maximum absolute atomic E-state index is 12.5. The Balaban J connectivity index is 2.04. The van der Waals surface area contributed by atoms with E-state index in [1.165, 1.54) is 25.7 Å². The first-order valence-electron chi connectivity index (χ1n) is 7.74. The SMILES string of the molecule is CC(C)Nc1ccccc1C(=O)NC(C)C1CCCC1. The molecule has 0 radical (unpaired) electrons. The van der Waals surface area contributed by atoms with Crippen molar-refractivity contribution in [3.05, 3.63) is 29.8 Å². The highest BCUT2D eigenvalue weighted by molar-refractivity contribution is 5.99. The number of hydrogen-bond donors (Lipinski definition) is 2. The summed E-state index contributed by atoms with van der Waals surface area (Å²) in [5.74, 6) is 0.678. The van der Waals surface area contributed by atoms with Crippen LogP contribution in [0.2, 0.25) is 0 Å². The van der Waals surface area contributed by atoms with Crippen molar-refractivity contribution in [3.63, 3.8) is 0 Å². The van der Waals surface area contributed by atoms with Gasteiger partial charge in [-0.2, -0.15) is 0 Å². The lowest BCUT2D eigenvalue weighted by Gasteiger charge is -2.21. The summed E-state index contributed by atoms with van der Waals surface area (Å²) in [6, 6.07) is 8.31. The van der Waals surface area contributed by atoms with Crippen LogP contribution < -0.4 is 10.6 Å². The molecule has 1 aliphatic carbocycles. The van der Waals surface area contributed by atoms with E-state index in [-0.39, 0.29) is 11.9 Å². The van der Waals surface area contributed by atoms with Crippen molar-refractivity contribution in [2.24, 2.45) is 5.92 Å². The lowest BCUT2D eigenvalue weighted by Crippen LogP contribution is -2.37. The Bertz CT molecular complexity index is 450. The number of hydrogen-bond acceptors (Lipinski definition) is 2. The van der Waals surface area contributed by atoms with Crippen LogP contribution in [0.5, 0.6) is 0 Å². The fourth-order valence-electron chi connectivity index (χ4n) is 2.98. The standard InChI is InChI=1S/C17H26N2O/c1-12(2)18-16-11-7-6-10-15(16)17(20)19-13(3)14-8-4-5-9-14/h6-7,10-14,18H,4-5,8-9H2,1-3H3,(H,19,20). The zero-order valence-corrected chi connectivity index (χ0v) is 12.8. The highest BCUT2D eigenvalue weighted by atomic mass is 16.1. The molecule has 0 saturated heterocycles. The quantitative estimate of drug-likeness (QED) is 0.857. The van der Waals surface area contributed by atoms with Crippen molar-refractivity contribution in [1.29, 1.82) is 0 Å². The van der Waals surface area contributed by atoms with Gasteiger partial charge in [-0.05, 0) is 51.7 Å². The maximum atomic E-state index is 12.5. The van der Waals surface area contributed by atoms with E-state index < -0.39 is 0 Å². The summed E-state index contributed by atoms with van der Waals surface area (Å²) in [4.78, 5) is 12.5. The molecule has 1 amide bonds. The van der Waals surface area contributed by atoms with E-state index in [2.05, 4.69) is 31.4 Å². The van der Waals surface area contributed by atoms with E-state index >= 15 is 0 Å². The zero-order valence-electron chi connectivity index (χ0n) is 12.8. The summed E-state index contributed by atoms with van der Waals surface area (Å²) in [6.07, 6.45) is 5.09. The van der Waals surface area contributed by atoms with E-state index in [0.29, 0.717) is 12.0 Å². The molecule has 110 valence electrons. The predicted molar refractivity (Wildman–Crippen MR) is 84.1 cm³/mol. The molecule has 1 unspecified atom stereocenters. The molecule has 1 fully saturated rings. The number of nitrogens with one attached hydrogen (secondary N) is 2. The molecule has 1 saturated carbocycles. The van der Waals surface area contributed by atoms with Gasteiger partial charge < -0.3 is 10.6 Å². The summed E-state index contributed by atoms with van der Waals surface area (Å²) in [6.45, 7) is 6.29. The summed E-state index contributed by atoms with van der Waals surface area (Å²) in [5.41, 5.74) is 1.66. The van der Waals surface area contributed by atoms with Crippen LogP contribution in [-0.2, 0) is 0 Å². The van der Waals surface area contributed by atoms with Gasteiger partial charge in [0, 0.05) is 17.8 Å². The van der Waals surface area contributed by atoms with Crippen molar-refractivity contribution in [1.82, 2.24) is 5.32 Å². The molecule has 20 heavy (non-hydrogen) atoms. The molecule has 0 aromatic heterocycles. The van der Waals surface area contributed by atoms with Crippen LogP contribution in [0.25, 0.3) is 0 Å². The summed E-state index contributed by atoms with van der Waals surface area (Å²) >= 11 is 0. The van der Waals surface area contributed by atoms with Crippen molar-refractivity contribution in [2.45, 2.75) is 58.5 Å². The third kappa shape index (κ3) is 3.75. The Morgan fingerprint density at radius 2 is 1.80 bits per heavy atom. The maximum Gasteiger partial charge on any atom is 0.253 e. The van der Waals surface area contributed by atoms with Gasteiger partial charge in [-0.25, -0.2) is 0 Å². The van der Waals surface area contributed by atoms with E-state index in [9.17, 15) is 4.79 Å². The Morgan fingerprint density at radius 1 is 1.15 bits per heavy atom. The first kappa shape index (κ1) is 14.9. The van der Waals surface area contributed by atoms with Crippen LogP contribution in [0, 0.1) is 5.92 Å². The number of benzene rings is 1. The van der Waals surface area contributed by atoms with Crippen molar-refractivity contribution in [2.75, 3.05) is 5.32 Å². The molecule has 0 spiro atoms. The third-order valence-corrected chi connectivity index (χ3v) is 4.08. The Morgan fingerprint density at radius 3 is 2.45 bits per heavy atom. The zero-order chi connectivity index (χ0) is 14.5. The van der Waals surface area contributed by atoms with Crippen LogP contribution >= 0.6 is 0 Å². The van der Waals surface area contributed by atoms with Crippen molar-refractivity contribution < 1.29 is 4.79 Å². The molecule has 1 aromatic rings. The fourth-order valence-corrected chi connectivity index (χ4v) is 2.98. The topological polar surface area (TPSA) is 41.1 Å². The van der Waals surface area contributed by atoms with Crippen LogP contribution in [0.15, 0.2) is 24.3 Å². The number of para-hydroxylation sites is 1. The molecule has 2 N–H and O–H groups in total. The molecular weight excluding hydrogens is 248 g/mol. The van der Waals surface area contributed by atoms with Crippen LogP contribution in [0.1, 0.15) is 56.8 Å². The molecule has 1 aromatic carbocycles. The minimum Gasteiger partial charge on any atom is -0.382 e. The summed E-state index contributed by atoms with van der Waals surface area (Å²) in [7, 11) is 0. The first-order chi connectivity index (χ1) is 9.58. The Hall–Kier alpha value is -1.51. The largest absolute Gasteiger partial charge is 0.382 e. The average molecular weight is 274 g/mol.